The molecule has 1 aliphatic heterocycles. The molecule has 152 valence electrons. The normalized spacial score (nSPS) is 22.9. The van der Waals surface area contributed by atoms with Gasteiger partial charge in [-0.25, -0.2) is 0 Å². The predicted molar refractivity (Wildman–Crippen MR) is 104 cm³/mol. The van der Waals surface area contributed by atoms with Crippen LogP contribution in [0.1, 0.15) is 71.1 Å². The van der Waals surface area contributed by atoms with Crippen molar-refractivity contribution in [3.63, 3.8) is 0 Å². The second-order valence-electron chi connectivity index (χ2n) is 8.62. The lowest BCUT2D eigenvalue weighted by Gasteiger charge is -2.37. The minimum absolute atomic E-state index is 0.0372. The molecule has 3 amide bonds. The SMILES string of the molecule is CC(=O)NC(C(=O)N1CCN(C(=O)CCC2CCCC2)CC1)C1CCCC1. The molecule has 2 saturated carbocycles. The zero-order chi connectivity index (χ0) is 19.2. The van der Waals surface area contributed by atoms with Crippen LogP contribution in [0.3, 0.4) is 0 Å². The summed E-state index contributed by atoms with van der Waals surface area (Å²) >= 11 is 0. The standard InChI is InChI=1S/C21H35N3O3/c1-16(25)22-20(18-8-4-5-9-18)21(27)24-14-12-23(13-15-24)19(26)11-10-17-6-2-3-7-17/h17-18,20H,2-15H2,1H3,(H,22,25). The van der Waals surface area contributed by atoms with Gasteiger partial charge < -0.3 is 15.1 Å². The van der Waals surface area contributed by atoms with Crippen molar-refractivity contribution in [2.45, 2.75) is 77.2 Å². The maximum absolute atomic E-state index is 13.0. The fraction of sp³-hybridized carbons (Fsp3) is 0.857. The first-order valence-corrected chi connectivity index (χ1v) is 10.9. The average molecular weight is 378 g/mol. The van der Waals surface area contributed by atoms with Crippen LogP contribution < -0.4 is 5.32 Å². The molecule has 0 aromatic rings. The second-order valence-corrected chi connectivity index (χ2v) is 8.62. The van der Waals surface area contributed by atoms with Gasteiger partial charge in [0.25, 0.3) is 0 Å². The van der Waals surface area contributed by atoms with Crippen molar-refractivity contribution in [3.8, 4) is 0 Å². The van der Waals surface area contributed by atoms with Crippen molar-refractivity contribution in [2.24, 2.45) is 11.8 Å². The van der Waals surface area contributed by atoms with E-state index in [2.05, 4.69) is 5.32 Å². The van der Waals surface area contributed by atoms with Crippen molar-refractivity contribution in [3.05, 3.63) is 0 Å². The highest BCUT2D eigenvalue weighted by Crippen LogP contribution is 2.30. The van der Waals surface area contributed by atoms with Crippen molar-refractivity contribution in [1.29, 1.82) is 0 Å². The van der Waals surface area contributed by atoms with Crippen LogP contribution in [0, 0.1) is 11.8 Å². The molecule has 1 heterocycles. The number of nitrogens with one attached hydrogen (secondary N) is 1. The van der Waals surface area contributed by atoms with Gasteiger partial charge in [-0.1, -0.05) is 38.5 Å². The van der Waals surface area contributed by atoms with Gasteiger partial charge in [0.15, 0.2) is 0 Å². The lowest BCUT2D eigenvalue weighted by molar-refractivity contribution is -0.142. The summed E-state index contributed by atoms with van der Waals surface area (Å²) in [6, 6.07) is -0.394. The monoisotopic (exact) mass is 377 g/mol. The lowest BCUT2D eigenvalue weighted by Crippen LogP contribution is -2.57. The number of carbonyl (C=O) groups excluding carboxylic acids is 3. The van der Waals surface area contributed by atoms with E-state index in [1.807, 2.05) is 9.80 Å². The van der Waals surface area contributed by atoms with E-state index in [1.54, 1.807) is 0 Å². The number of rotatable bonds is 6. The molecule has 0 spiro atoms. The predicted octanol–water partition coefficient (Wildman–Crippen LogP) is 2.32. The molecular weight excluding hydrogens is 342 g/mol. The van der Waals surface area contributed by atoms with Gasteiger partial charge in [0.05, 0.1) is 0 Å². The van der Waals surface area contributed by atoms with E-state index in [0.29, 0.717) is 32.6 Å². The molecular formula is C21H35N3O3. The Balaban J connectivity index is 1.47. The van der Waals surface area contributed by atoms with E-state index in [9.17, 15) is 14.4 Å². The second kappa shape index (κ2) is 9.56. The lowest BCUT2D eigenvalue weighted by atomic mass is 9.96. The Hall–Kier alpha value is -1.59. The van der Waals surface area contributed by atoms with Crippen LogP contribution in [-0.4, -0.2) is 59.7 Å². The van der Waals surface area contributed by atoms with Crippen LogP contribution >= 0.6 is 0 Å². The Morgan fingerprint density at radius 1 is 0.889 bits per heavy atom. The fourth-order valence-corrected chi connectivity index (χ4v) is 5.05. The number of nitrogens with zero attached hydrogens (tertiary/aromatic N) is 2. The molecule has 0 bridgehead atoms. The van der Waals surface area contributed by atoms with Gasteiger partial charge in [0, 0.05) is 39.5 Å². The highest BCUT2D eigenvalue weighted by molar-refractivity contribution is 5.87. The van der Waals surface area contributed by atoms with Crippen LogP contribution in [0.2, 0.25) is 0 Å². The van der Waals surface area contributed by atoms with Crippen molar-refractivity contribution >= 4 is 17.7 Å². The molecule has 3 rings (SSSR count). The summed E-state index contributed by atoms with van der Waals surface area (Å²) in [6.45, 7) is 3.88. The van der Waals surface area contributed by atoms with Gasteiger partial charge in [0.2, 0.25) is 17.7 Å². The highest BCUT2D eigenvalue weighted by atomic mass is 16.2. The van der Waals surface area contributed by atoms with Crippen molar-refractivity contribution < 1.29 is 14.4 Å². The number of hydrogen-bond acceptors (Lipinski definition) is 3. The molecule has 3 fully saturated rings. The van der Waals surface area contributed by atoms with Crippen molar-refractivity contribution in [2.75, 3.05) is 26.2 Å². The summed E-state index contributed by atoms with van der Waals surface area (Å²) in [7, 11) is 0. The summed E-state index contributed by atoms with van der Waals surface area (Å²) in [5, 5.41) is 2.89. The van der Waals surface area contributed by atoms with Gasteiger partial charge in [-0.2, -0.15) is 0 Å². The number of piperazine rings is 1. The molecule has 3 aliphatic rings. The molecule has 0 radical (unpaired) electrons. The van der Waals surface area contributed by atoms with Crippen LogP contribution in [0.5, 0.6) is 0 Å². The summed E-state index contributed by atoms with van der Waals surface area (Å²) in [4.78, 5) is 40.8. The molecule has 27 heavy (non-hydrogen) atoms. The Labute approximate surface area is 163 Å². The Morgan fingerprint density at radius 3 is 2.04 bits per heavy atom. The summed E-state index contributed by atoms with van der Waals surface area (Å²) in [5.74, 6) is 1.13. The highest BCUT2D eigenvalue weighted by Gasteiger charge is 2.35. The van der Waals surface area contributed by atoms with Gasteiger partial charge >= 0.3 is 0 Å². The fourth-order valence-electron chi connectivity index (χ4n) is 5.05. The maximum atomic E-state index is 13.0. The number of hydrogen-bond donors (Lipinski definition) is 1. The van der Waals surface area contributed by atoms with E-state index in [0.717, 1.165) is 38.0 Å². The van der Waals surface area contributed by atoms with Gasteiger partial charge in [-0.05, 0) is 31.1 Å². The van der Waals surface area contributed by atoms with Gasteiger partial charge in [0.1, 0.15) is 6.04 Å². The third-order valence-corrected chi connectivity index (χ3v) is 6.68. The number of amides is 3. The molecule has 1 atom stereocenters. The molecule has 0 aromatic carbocycles. The smallest absolute Gasteiger partial charge is 0.245 e. The van der Waals surface area contributed by atoms with Crippen LogP contribution in [0.25, 0.3) is 0 Å². The molecule has 6 nitrogen and oxygen atoms in total. The van der Waals surface area contributed by atoms with Crippen LogP contribution in [0.4, 0.5) is 0 Å². The average Bonchev–Trinajstić information content (AvgIpc) is 3.37. The molecule has 1 unspecified atom stereocenters. The molecule has 1 N–H and O–H groups in total. The first-order valence-electron chi connectivity index (χ1n) is 10.9. The van der Waals surface area contributed by atoms with E-state index >= 15 is 0 Å². The minimum Gasteiger partial charge on any atom is -0.344 e. The molecule has 1 saturated heterocycles. The van der Waals surface area contributed by atoms with E-state index in [4.69, 9.17) is 0 Å². The largest absolute Gasteiger partial charge is 0.344 e. The summed E-state index contributed by atoms with van der Waals surface area (Å²) < 4.78 is 0. The summed E-state index contributed by atoms with van der Waals surface area (Å²) in [5.41, 5.74) is 0. The van der Waals surface area contributed by atoms with E-state index < -0.39 is 6.04 Å². The van der Waals surface area contributed by atoms with E-state index in [1.165, 1.54) is 32.6 Å². The third-order valence-electron chi connectivity index (χ3n) is 6.68. The first kappa shape index (κ1) is 20.2. The summed E-state index contributed by atoms with van der Waals surface area (Å²) in [6.07, 6.45) is 11.1. The molecule has 2 aliphatic carbocycles. The first-order chi connectivity index (χ1) is 13.0. The van der Waals surface area contributed by atoms with E-state index in [-0.39, 0.29) is 23.6 Å². The number of carbonyl (C=O) groups is 3. The molecule has 6 heteroatoms. The Kier molecular flexibility index (Phi) is 7.13. The molecule has 0 aromatic heterocycles. The maximum Gasteiger partial charge on any atom is 0.245 e. The topological polar surface area (TPSA) is 69.7 Å². The third kappa shape index (κ3) is 5.45. The van der Waals surface area contributed by atoms with Crippen molar-refractivity contribution in [1.82, 2.24) is 15.1 Å². The van der Waals surface area contributed by atoms with Crippen LogP contribution in [0.15, 0.2) is 0 Å². The Morgan fingerprint density at radius 2 is 1.44 bits per heavy atom. The Bertz CT molecular complexity index is 531. The van der Waals surface area contributed by atoms with Gasteiger partial charge in [-0.15, -0.1) is 0 Å². The minimum atomic E-state index is -0.394. The van der Waals surface area contributed by atoms with Gasteiger partial charge in [-0.3, -0.25) is 14.4 Å². The zero-order valence-corrected chi connectivity index (χ0v) is 16.8. The van der Waals surface area contributed by atoms with Crippen LogP contribution in [-0.2, 0) is 14.4 Å². The zero-order valence-electron chi connectivity index (χ0n) is 16.8. The quantitative estimate of drug-likeness (QED) is 0.772.